The molecule has 1 atom stereocenters. The molecule has 1 saturated carbocycles. The van der Waals surface area contributed by atoms with E-state index in [0.717, 1.165) is 24.4 Å². The first-order valence-electron chi connectivity index (χ1n) is 6.70. The number of carbonyl (C=O) groups is 1. The predicted octanol–water partition coefficient (Wildman–Crippen LogP) is 2.86. The van der Waals surface area contributed by atoms with E-state index < -0.39 is 0 Å². The van der Waals surface area contributed by atoms with Gasteiger partial charge in [0.15, 0.2) is 0 Å². The second-order valence-electron chi connectivity index (χ2n) is 5.97. The molecule has 1 aromatic heterocycles. The lowest BCUT2D eigenvalue weighted by Gasteiger charge is -2.22. The van der Waals surface area contributed by atoms with Gasteiger partial charge in [0, 0.05) is 13.1 Å². The molecule has 1 amide bonds. The van der Waals surface area contributed by atoms with Crippen molar-refractivity contribution in [1.29, 1.82) is 0 Å². The van der Waals surface area contributed by atoms with Crippen molar-refractivity contribution >= 4 is 29.7 Å². The summed E-state index contributed by atoms with van der Waals surface area (Å²) in [7, 11) is 0. The summed E-state index contributed by atoms with van der Waals surface area (Å²) in [4.78, 5) is 15.5. The van der Waals surface area contributed by atoms with E-state index in [1.165, 1.54) is 18.4 Å². The summed E-state index contributed by atoms with van der Waals surface area (Å²) in [5, 5.41) is 2.05. The Morgan fingerprint density at radius 3 is 2.89 bits per heavy atom. The molecule has 1 aromatic rings. The van der Waals surface area contributed by atoms with Gasteiger partial charge in [-0.15, -0.1) is 23.7 Å². The van der Waals surface area contributed by atoms with Crippen LogP contribution in [0.4, 0.5) is 0 Å². The summed E-state index contributed by atoms with van der Waals surface area (Å²) in [6.07, 6.45) is 3.52. The molecule has 2 aliphatic rings. The van der Waals surface area contributed by atoms with Crippen LogP contribution in [0.15, 0.2) is 11.4 Å². The first-order valence-corrected chi connectivity index (χ1v) is 7.58. The minimum absolute atomic E-state index is 0. The van der Waals surface area contributed by atoms with Gasteiger partial charge in [-0.3, -0.25) is 4.79 Å². The zero-order valence-corrected chi connectivity index (χ0v) is 12.9. The minimum atomic E-state index is 0. The van der Waals surface area contributed by atoms with E-state index in [1.54, 1.807) is 11.3 Å². The lowest BCUT2D eigenvalue weighted by Crippen LogP contribution is -2.34. The van der Waals surface area contributed by atoms with Crippen LogP contribution in [0.5, 0.6) is 0 Å². The molecule has 3 nitrogen and oxygen atoms in total. The molecule has 0 aromatic carbocycles. The van der Waals surface area contributed by atoms with Gasteiger partial charge in [0.1, 0.15) is 0 Å². The van der Waals surface area contributed by atoms with E-state index in [0.29, 0.717) is 12.5 Å². The molecule has 2 heterocycles. The molecule has 0 bridgehead atoms. The number of likely N-dealkylation sites (tertiary alicyclic amines) is 1. The Bertz CT molecular complexity index is 472. The highest BCUT2D eigenvalue weighted by Crippen LogP contribution is 2.44. The second kappa shape index (κ2) is 5.43. The Kier molecular flexibility index (Phi) is 4.23. The van der Waals surface area contributed by atoms with Gasteiger partial charge in [-0.2, -0.15) is 0 Å². The quantitative estimate of drug-likeness (QED) is 0.933. The molecule has 2 N–H and O–H groups in total. The number of halogens is 1. The molecule has 0 radical (unpaired) electrons. The Labute approximate surface area is 124 Å². The lowest BCUT2D eigenvalue weighted by atomic mass is 9.90. The van der Waals surface area contributed by atoms with E-state index in [4.69, 9.17) is 5.73 Å². The topological polar surface area (TPSA) is 46.3 Å². The maximum atomic E-state index is 12.6. The lowest BCUT2D eigenvalue weighted by molar-refractivity contribution is 0.0780. The van der Waals surface area contributed by atoms with E-state index in [-0.39, 0.29) is 23.7 Å². The normalized spacial score (nSPS) is 26.3. The molecule has 1 aliphatic heterocycles. The summed E-state index contributed by atoms with van der Waals surface area (Å²) < 4.78 is 0. The van der Waals surface area contributed by atoms with Crippen LogP contribution in [0.1, 0.15) is 47.3 Å². The number of amides is 1. The number of nitrogens with zero attached hydrogens (tertiary/aromatic N) is 1. The molecule has 1 aliphatic carbocycles. The van der Waals surface area contributed by atoms with E-state index in [2.05, 4.69) is 18.4 Å². The summed E-state index contributed by atoms with van der Waals surface area (Å²) in [6.45, 7) is 4.51. The van der Waals surface area contributed by atoms with Crippen LogP contribution in [0.3, 0.4) is 0 Å². The zero-order chi connectivity index (χ0) is 12.8. The van der Waals surface area contributed by atoms with Crippen molar-refractivity contribution in [2.75, 3.05) is 19.6 Å². The molecule has 3 rings (SSSR count). The maximum Gasteiger partial charge on any atom is 0.264 e. The number of carbonyl (C=O) groups excluding carboxylic acids is 1. The van der Waals surface area contributed by atoms with Crippen molar-refractivity contribution in [1.82, 2.24) is 4.90 Å². The third-order valence-electron chi connectivity index (χ3n) is 4.24. The van der Waals surface area contributed by atoms with Gasteiger partial charge in [0.2, 0.25) is 0 Å². The van der Waals surface area contributed by atoms with Gasteiger partial charge in [-0.25, -0.2) is 0 Å². The van der Waals surface area contributed by atoms with Gasteiger partial charge >= 0.3 is 0 Å². The van der Waals surface area contributed by atoms with Crippen LogP contribution in [-0.2, 0) is 0 Å². The van der Waals surface area contributed by atoms with Gasteiger partial charge in [0.25, 0.3) is 5.91 Å². The van der Waals surface area contributed by atoms with Crippen LogP contribution in [0, 0.1) is 5.41 Å². The average Bonchev–Trinajstić information content (AvgIpc) is 2.97. The number of thiophene rings is 1. The summed E-state index contributed by atoms with van der Waals surface area (Å²) in [5.41, 5.74) is 7.20. The SMILES string of the molecule is CC1(CN)CCN(C(=O)c2sccc2C2CC2)C1.Cl. The fourth-order valence-corrected chi connectivity index (χ4v) is 3.67. The summed E-state index contributed by atoms with van der Waals surface area (Å²) >= 11 is 1.60. The van der Waals surface area contributed by atoms with Crippen molar-refractivity contribution in [3.05, 3.63) is 21.9 Å². The molecule has 1 unspecified atom stereocenters. The average molecular weight is 301 g/mol. The number of hydrogen-bond acceptors (Lipinski definition) is 3. The molecule has 19 heavy (non-hydrogen) atoms. The number of hydrogen-bond donors (Lipinski definition) is 1. The van der Waals surface area contributed by atoms with Crippen molar-refractivity contribution < 1.29 is 4.79 Å². The van der Waals surface area contributed by atoms with Crippen molar-refractivity contribution in [3.8, 4) is 0 Å². The molecular weight excluding hydrogens is 280 g/mol. The fourth-order valence-electron chi connectivity index (χ4n) is 2.72. The van der Waals surface area contributed by atoms with Crippen LogP contribution >= 0.6 is 23.7 Å². The van der Waals surface area contributed by atoms with E-state index in [9.17, 15) is 4.79 Å². The molecule has 2 fully saturated rings. The Morgan fingerprint density at radius 2 is 2.32 bits per heavy atom. The number of nitrogens with two attached hydrogens (primary N) is 1. The van der Waals surface area contributed by atoms with Gasteiger partial charge < -0.3 is 10.6 Å². The molecule has 106 valence electrons. The highest BCUT2D eigenvalue weighted by atomic mass is 35.5. The minimum Gasteiger partial charge on any atom is -0.337 e. The monoisotopic (exact) mass is 300 g/mol. The van der Waals surface area contributed by atoms with E-state index >= 15 is 0 Å². The zero-order valence-electron chi connectivity index (χ0n) is 11.2. The van der Waals surface area contributed by atoms with Gasteiger partial charge in [-0.05, 0) is 54.1 Å². The summed E-state index contributed by atoms with van der Waals surface area (Å²) in [6, 6.07) is 2.13. The molecule has 0 spiro atoms. The third kappa shape index (κ3) is 2.81. The first kappa shape index (κ1) is 14.8. The molecule has 5 heteroatoms. The van der Waals surface area contributed by atoms with Crippen LogP contribution in [0.2, 0.25) is 0 Å². The largest absolute Gasteiger partial charge is 0.337 e. The van der Waals surface area contributed by atoms with Crippen LogP contribution in [-0.4, -0.2) is 30.4 Å². The second-order valence-corrected chi connectivity index (χ2v) is 6.89. The highest BCUT2D eigenvalue weighted by Gasteiger charge is 2.37. The first-order chi connectivity index (χ1) is 8.63. The Hall–Kier alpha value is -0.580. The Balaban J connectivity index is 0.00000133. The van der Waals surface area contributed by atoms with Gasteiger partial charge in [-0.1, -0.05) is 6.92 Å². The number of rotatable bonds is 3. The standard InChI is InChI=1S/C14H20N2OS.ClH/c1-14(8-15)5-6-16(9-14)13(17)12-11(4-7-18-12)10-2-3-10;/h4,7,10H,2-3,5-6,8-9,15H2,1H3;1H. The van der Waals surface area contributed by atoms with Crippen molar-refractivity contribution in [2.24, 2.45) is 11.1 Å². The molecule has 1 saturated heterocycles. The summed E-state index contributed by atoms with van der Waals surface area (Å²) in [5.74, 6) is 0.878. The van der Waals surface area contributed by atoms with Crippen LogP contribution < -0.4 is 5.73 Å². The smallest absolute Gasteiger partial charge is 0.264 e. The highest BCUT2D eigenvalue weighted by molar-refractivity contribution is 7.12. The van der Waals surface area contributed by atoms with Crippen molar-refractivity contribution in [3.63, 3.8) is 0 Å². The van der Waals surface area contributed by atoms with Gasteiger partial charge in [0.05, 0.1) is 4.88 Å². The van der Waals surface area contributed by atoms with E-state index in [1.807, 2.05) is 4.90 Å². The fraction of sp³-hybridized carbons (Fsp3) is 0.643. The van der Waals surface area contributed by atoms with Crippen molar-refractivity contribution in [2.45, 2.75) is 32.1 Å². The Morgan fingerprint density at radius 1 is 1.58 bits per heavy atom. The third-order valence-corrected chi connectivity index (χ3v) is 5.16. The maximum absolute atomic E-state index is 12.6. The van der Waals surface area contributed by atoms with Crippen LogP contribution in [0.25, 0.3) is 0 Å². The molecular formula is C14H21ClN2OS. The predicted molar refractivity (Wildman–Crippen MR) is 81.2 cm³/mol.